The van der Waals surface area contributed by atoms with Crippen LogP contribution in [0.5, 0.6) is 0 Å². The number of benzene rings is 8. The minimum atomic E-state index is 0.607. The third-order valence-electron chi connectivity index (χ3n) is 11.2. The molecule has 1 saturated carbocycles. The van der Waals surface area contributed by atoms with Gasteiger partial charge in [-0.25, -0.2) is 0 Å². The summed E-state index contributed by atoms with van der Waals surface area (Å²) >= 11 is 1.88. The molecule has 0 spiro atoms. The van der Waals surface area contributed by atoms with Crippen LogP contribution in [0.2, 0.25) is 0 Å². The first-order chi connectivity index (χ1) is 25.8. The van der Waals surface area contributed by atoms with Gasteiger partial charge in [-0.3, -0.25) is 0 Å². The maximum Gasteiger partial charge on any atom is 0.0555 e. The lowest BCUT2D eigenvalue weighted by Crippen LogP contribution is -2.12. The van der Waals surface area contributed by atoms with Gasteiger partial charge in [0.15, 0.2) is 0 Å². The van der Waals surface area contributed by atoms with Crippen molar-refractivity contribution in [3.8, 4) is 22.3 Å². The van der Waals surface area contributed by atoms with Crippen LogP contribution < -0.4 is 4.90 Å². The van der Waals surface area contributed by atoms with E-state index in [0.29, 0.717) is 5.92 Å². The lowest BCUT2D eigenvalue weighted by Gasteiger charge is -2.30. The highest BCUT2D eigenvalue weighted by molar-refractivity contribution is 7.26. The topological polar surface area (TPSA) is 3.24 Å². The standard InChI is InChI=1S/C50H39NS/c1-2-14-36(15-3-1)41-21-10-17-37-18-11-22-43(49(37)41)42-19-6-8-23-45(42)51(46-24-12-26-48-50(46)44-20-7-9-25-47(44)52-48)40-31-29-35(30-32-40)39-28-27-34-13-4-5-16-38(34)33-39/h4-13,16-33,36H,1-3,14-15H2. The quantitative estimate of drug-likeness (QED) is 0.168. The smallest absolute Gasteiger partial charge is 0.0555 e. The van der Waals surface area contributed by atoms with Crippen LogP contribution in [-0.4, -0.2) is 0 Å². The first kappa shape index (κ1) is 31.1. The highest BCUT2D eigenvalue weighted by atomic mass is 32.1. The van der Waals surface area contributed by atoms with E-state index in [1.54, 1.807) is 0 Å². The summed E-state index contributed by atoms with van der Waals surface area (Å²) in [6.07, 6.45) is 6.55. The Morgan fingerprint density at radius 2 is 1.10 bits per heavy atom. The van der Waals surface area contributed by atoms with Crippen molar-refractivity contribution < 1.29 is 0 Å². The molecule has 0 unspecified atom stereocenters. The number of hydrogen-bond donors (Lipinski definition) is 0. The second kappa shape index (κ2) is 13.1. The van der Waals surface area contributed by atoms with Gasteiger partial charge in [0.25, 0.3) is 0 Å². The normalized spacial score (nSPS) is 13.7. The summed E-state index contributed by atoms with van der Waals surface area (Å²) in [7, 11) is 0. The van der Waals surface area contributed by atoms with Crippen molar-refractivity contribution in [3.05, 3.63) is 175 Å². The fourth-order valence-electron chi connectivity index (χ4n) is 8.77. The van der Waals surface area contributed by atoms with Crippen LogP contribution in [-0.2, 0) is 0 Å². The number of fused-ring (bicyclic) bond motifs is 5. The van der Waals surface area contributed by atoms with E-state index in [9.17, 15) is 0 Å². The average molecular weight is 686 g/mol. The SMILES string of the molecule is c1ccc(N(c2ccc(-c3ccc4ccccc4c3)cc2)c2cccc3sc4ccccc4c23)c(-c2cccc3cccc(C4CCCCC4)c23)c1. The molecule has 1 aliphatic rings. The first-order valence-electron chi connectivity index (χ1n) is 18.7. The van der Waals surface area contributed by atoms with Gasteiger partial charge < -0.3 is 4.90 Å². The Hall–Kier alpha value is -5.70. The molecule has 1 aromatic heterocycles. The lowest BCUT2D eigenvalue weighted by atomic mass is 9.80. The van der Waals surface area contributed by atoms with Crippen molar-refractivity contribution in [2.45, 2.75) is 38.0 Å². The molecular formula is C50H39NS. The predicted octanol–water partition coefficient (Wildman–Crippen LogP) is 15.2. The molecule has 1 aliphatic carbocycles. The van der Waals surface area contributed by atoms with Crippen LogP contribution in [0.4, 0.5) is 17.1 Å². The van der Waals surface area contributed by atoms with Crippen molar-refractivity contribution in [1.29, 1.82) is 0 Å². The van der Waals surface area contributed by atoms with Gasteiger partial charge in [0.2, 0.25) is 0 Å². The highest BCUT2D eigenvalue weighted by Crippen LogP contribution is 2.49. The molecule has 0 amide bonds. The Labute approximate surface area is 309 Å². The minimum Gasteiger partial charge on any atom is -0.309 e. The van der Waals surface area contributed by atoms with E-state index in [4.69, 9.17) is 0 Å². The largest absolute Gasteiger partial charge is 0.309 e. The monoisotopic (exact) mass is 685 g/mol. The minimum absolute atomic E-state index is 0.607. The van der Waals surface area contributed by atoms with E-state index in [2.05, 4.69) is 175 Å². The summed E-state index contributed by atoms with van der Waals surface area (Å²) in [5, 5.41) is 7.87. The number of nitrogens with zero attached hydrogens (tertiary/aromatic N) is 1. The fraction of sp³-hybridized carbons (Fsp3) is 0.120. The van der Waals surface area contributed by atoms with E-state index in [-0.39, 0.29) is 0 Å². The molecule has 52 heavy (non-hydrogen) atoms. The summed E-state index contributed by atoms with van der Waals surface area (Å²) < 4.78 is 2.62. The van der Waals surface area contributed by atoms with Gasteiger partial charge in [-0.15, -0.1) is 11.3 Å². The number of thiophene rings is 1. The van der Waals surface area contributed by atoms with Crippen molar-refractivity contribution in [2.24, 2.45) is 0 Å². The molecular weight excluding hydrogens is 647 g/mol. The van der Waals surface area contributed by atoms with E-state index in [1.165, 1.54) is 113 Å². The number of para-hydroxylation sites is 1. The third-order valence-corrected chi connectivity index (χ3v) is 12.4. The van der Waals surface area contributed by atoms with E-state index in [1.807, 2.05) is 11.3 Å². The van der Waals surface area contributed by atoms with Crippen LogP contribution in [0.3, 0.4) is 0 Å². The molecule has 0 aliphatic heterocycles. The summed E-state index contributed by atoms with van der Waals surface area (Å²) in [5.41, 5.74) is 10.1. The van der Waals surface area contributed by atoms with Crippen molar-refractivity contribution >= 4 is 70.1 Å². The Bertz CT molecular complexity index is 2720. The molecule has 0 saturated heterocycles. The maximum atomic E-state index is 2.52. The summed E-state index contributed by atoms with van der Waals surface area (Å²) in [6, 6.07) is 63.2. The lowest BCUT2D eigenvalue weighted by molar-refractivity contribution is 0.445. The molecule has 1 fully saturated rings. The molecule has 8 aromatic carbocycles. The average Bonchev–Trinajstić information content (AvgIpc) is 3.61. The van der Waals surface area contributed by atoms with Crippen LogP contribution in [0.15, 0.2) is 170 Å². The zero-order chi connectivity index (χ0) is 34.4. The van der Waals surface area contributed by atoms with Gasteiger partial charge in [-0.05, 0) is 105 Å². The Morgan fingerprint density at radius 1 is 0.442 bits per heavy atom. The van der Waals surface area contributed by atoms with Crippen LogP contribution in [0.1, 0.15) is 43.6 Å². The van der Waals surface area contributed by atoms with E-state index in [0.717, 1.165) is 5.69 Å². The van der Waals surface area contributed by atoms with Crippen molar-refractivity contribution in [1.82, 2.24) is 0 Å². The number of anilines is 3. The molecule has 2 heteroatoms. The zero-order valence-electron chi connectivity index (χ0n) is 29.1. The summed E-state index contributed by atoms with van der Waals surface area (Å²) in [4.78, 5) is 2.52. The van der Waals surface area contributed by atoms with Gasteiger partial charge in [-0.2, -0.15) is 0 Å². The number of hydrogen-bond acceptors (Lipinski definition) is 2. The first-order valence-corrected chi connectivity index (χ1v) is 19.5. The molecule has 0 bridgehead atoms. The maximum absolute atomic E-state index is 2.52. The third kappa shape index (κ3) is 5.38. The molecule has 1 heterocycles. The van der Waals surface area contributed by atoms with Crippen molar-refractivity contribution in [2.75, 3.05) is 4.90 Å². The molecule has 0 N–H and O–H groups in total. The second-order valence-corrected chi connectivity index (χ2v) is 15.4. The molecule has 0 radical (unpaired) electrons. The van der Waals surface area contributed by atoms with E-state index >= 15 is 0 Å². The molecule has 9 aromatic rings. The Balaban J connectivity index is 1.19. The van der Waals surface area contributed by atoms with Crippen molar-refractivity contribution in [3.63, 3.8) is 0 Å². The Kier molecular flexibility index (Phi) is 7.84. The predicted molar refractivity (Wildman–Crippen MR) is 226 cm³/mol. The van der Waals surface area contributed by atoms with Gasteiger partial charge in [0, 0.05) is 31.4 Å². The van der Waals surface area contributed by atoms with Gasteiger partial charge in [0.05, 0.1) is 11.4 Å². The van der Waals surface area contributed by atoms with Crippen LogP contribution in [0.25, 0.3) is 64.0 Å². The van der Waals surface area contributed by atoms with E-state index < -0.39 is 0 Å². The molecule has 1 nitrogen and oxygen atoms in total. The van der Waals surface area contributed by atoms with Gasteiger partial charge in [-0.1, -0.05) is 147 Å². The van der Waals surface area contributed by atoms with Gasteiger partial charge in [0.1, 0.15) is 0 Å². The fourth-order valence-corrected chi connectivity index (χ4v) is 9.89. The van der Waals surface area contributed by atoms with Gasteiger partial charge >= 0.3 is 0 Å². The zero-order valence-corrected chi connectivity index (χ0v) is 30.0. The Morgan fingerprint density at radius 3 is 1.98 bits per heavy atom. The number of rotatable bonds is 6. The van der Waals surface area contributed by atoms with Crippen LogP contribution in [0, 0.1) is 0 Å². The summed E-state index contributed by atoms with van der Waals surface area (Å²) in [6.45, 7) is 0. The summed E-state index contributed by atoms with van der Waals surface area (Å²) in [5.74, 6) is 0.607. The van der Waals surface area contributed by atoms with Crippen LogP contribution >= 0.6 is 11.3 Å². The molecule has 0 atom stereocenters. The highest BCUT2D eigenvalue weighted by Gasteiger charge is 2.24. The second-order valence-electron chi connectivity index (χ2n) is 14.3. The molecule has 10 rings (SSSR count). The molecule has 250 valence electrons.